The Labute approximate surface area is 187 Å². The molecule has 0 aliphatic carbocycles. The zero-order chi connectivity index (χ0) is 24.3. The molecule has 0 spiro atoms. The highest BCUT2D eigenvalue weighted by Crippen LogP contribution is 2.31. The molecule has 1 amide bonds. The van der Waals surface area contributed by atoms with Crippen molar-refractivity contribution in [1.29, 1.82) is 0 Å². The van der Waals surface area contributed by atoms with Crippen LogP contribution in [0.4, 0.5) is 18.9 Å². The van der Waals surface area contributed by atoms with Crippen molar-refractivity contribution in [3.05, 3.63) is 47.5 Å². The number of halogens is 3. The predicted octanol–water partition coefficient (Wildman–Crippen LogP) is 3.74. The van der Waals surface area contributed by atoms with E-state index in [-0.39, 0.29) is 11.3 Å². The third-order valence-corrected chi connectivity index (χ3v) is 4.70. The smallest absolute Gasteiger partial charge is 0.408 e. The van der Waals surface area contributed by atoms with Crippen molar-refractivity contribution in [3.8, 4) is 22.9 Å². The van der Waals surface area contributed by atoms with Gasteiger partial charge in [-0.15, -0.1) is 0 Å². The van der Waals surface area contributed by atoms with Crippen LogP contribution in [-0.2, 0) is 11.4 Å². The number of hydrogen-bond acceptors (Lipinski definition) is 7. The van der Waals surface area contributed by atoms with Crippen molar-refractivity contribution in [2.24, 2.45) is 0 Å². The van der Waals surface area contributed by atoms with Crippen LogP contribution in [0.15, 0.2) is 30.7 Å². The number of aryl methyl sites for hydroxylation is 2. The van der Waals surface area contributed by atoms with Gasteiger partial charge in [0.1, 0.15) is 12.2 Å². The molecule has 3 aromatic rings. The van der Waals surface area contributed by atoms with E-state index in [1.165, 1.54) is 21.3 Å². The van der Waals surface area contributed by atoms with Crippen LogP contribution in [0, 0.1) is 13.8 Å². The van der Waals surface area contributed by atoms with Gasteiger partial charge in [0.15, 0.2) is 5.75 Å². The molecule has 12 heteroatoms. The summed E-state index contributed by atoms with van der Waals surface area (Å²) in [4.78, 5) is 27.1. The summed E-state index contributed by atoms with van der Waals surface area (Å²) < 4.78 is 49.0. The van der Waals surface area contributed by atoms with Gasteiger partial charge in [0.2, 0.25) is 0 Å². The molecule has 0 fully saturated rings. The molecule has 0 saturated heterocycles. The number of carbonyl (C=O) groups is 1. The van der Waals surface area contributed by atoms with E-state index < -0.39 is 18.6 Å². The first-order valence-corrected chi connectivity index (χ1v) is 9.62. The standard InChI is InChI=1S/C21H22F3N5O4/c1-12-6-16(14-7-17(31-3)19(32-4)25-8-14)27-13(2)18(12)20(30)29(33-5)15-9-26-28(10-15)11-21(22,23)24/h6-10H,11H2,1-5H3. The van der Waals surface area contributed by atoms with Crippen molar-refractivity contribution < 1.29 is 32.3 Å². The fraction of sp³-hybridized carbons (Fsp3) is 0.333. The Balaban J connectivity index is 1.94. The molecule has 0 aliphatic rings. The van der Waals surface area contributed by atoms with Gasteiger partial charge in [0, 0.05) is 11.8 Å². The number of methoxy groups -OCH3 is 2. The SMILES string of the molecule is COc1cc(-c2cc(C)c(C(=O)N(OC)c3cnn(CC(F)(F)F)c3)c(C)n2)cnc1OC. The highest BCUT2D eigenvalue weighted by molar-refractivity contribution is 6.06. The zero-order valence-corrected chi connectivity index (χ0v) is 18.6. The van der Waals surface area contributed by atoms with Crippen molar-refractivity contribution in [3.63, 3.8) is 0 Å². The molecule has 0 bridgehead atoms. The second-order valence-corrected chi connectivity index (χ2v) is 7.01. The van der Waals surface area contributed by atoms with Crippen molar-refractivity contribution in [2.45, 2.75) is 26.6 Å². The van der Waals surface area contributed by atoms with Crippen LogP contribution in [0.1, 0.15) is 21.6 Å². The number of alkyl halides is 3. The van der Waals surface area contributed by atoms with E-state index >= 15 is 0 Å². The quantitative estimate of drug-likeness (QED) is 0.491. The number of carbonyl (C=O) groups excluding carboxylic acids is 1. The monoisotopic (exact) mass is 465 g/mol. The van der Waals surface area contributed by atoms with E-state index in [0.717, 1.165) is 17.5 Å². The van der Waals surface area contributed by atoms with E-state index in [2.05, 4.69) is 15.1 Å². The largest absolute Gasteiger partial charge is 0.491 e. The average molecular weight is 465 g/mol. The van der Waals surface area contributed by atoms with E-state index in [9.17, 15) is 18.0 Å². The number of hydroxylamine groups is 1. The highest BCUT2D eigenvalue weighted by Gasteiger charge is 2.30. The number of pyridine rings is 2. The minimum absolute atomic E-state index is 0.0544. The zero-order valence-electron chi connectivity index (χ0n) is 18.6. The lowest BCUT2D eigenvalue weighted by molar-refractivity contribution is -0.142. The minimum atomic E-state index is -4.45. The normalized spacial score (nSPS) is 11.4. The van der Waals surface area contributed by atoms with Crippen LogP contribution in [-0.4, -0.2) is 53.2 Å². The van der Waals surface area contributed by atoms with Crippen LogP contribution >= 0.6 is 0 Å². The van der Waals surface area contributed by atoms with Crippen molar-refractivity contribution >= 4 is 11.6 Å². The highest BCUT2D eigenvalue weighted by atomic mass is 19.4. The first-order valence-electron chi connectivity index (χ1n) is 9.62. The Hall–Kier alpha value is -3.67. The third-order valence-electron chi connectivity index (χ3n) is 4.70. The topological polar surface area (TPSA) is 91.6 Å². The van der Waals surface area contributed by atoms with E-state index in [1.807, 2.05) is 0 Å². The maximum atomic E-state index is 13.2. The fourth-order valence-corrected chi connectivity index (χ4v) is 3.31. The van der Waals surface area contributed by atoms with Gasteiger partial charge in [-0.1, -0.05) is 0 Å². The molecule has 33 heavy (non-hydrogen) atoms. The summed E-state index contributed by atoms with van der Waals surface area (Å²) in [5.41, 5.74) is 2.49. The van der Waals surface area contributed by atoms with Gasteiger partial charge in [-0.3, -0.25) is 19.3 Å². The van der Waals surface area contributed by atoms with Crippen molar-refractivity contribution in [1.82, 2.24) is 19.7 Å². The van der Waals surface area contributed by atoms with Crippen LogP contribution in [0.25, 0.3) is 11.3 Å². The molecule has 0 N–H and O–H groups in total. The lowest BCUT2D eigenvalue weighted by Gasteiger charge is -2.20. The Morgan fingerprint density at radius 3 is 2.42 bits per heavy atom. The maximum absolute atomic E-state index is 13.2. The molecule has 0 radical (unpaired) electrons. The molecule has 3 rings (SSSR count). The van der Waals surface area contributed by atoms with Crippen molar-refractivity contribution in [2.75, 3.05) is 26.4 Å². The lowest BCUT2D eigenvalue weighted by atomic mass is 10.0. The molecular weight excluding hydrogens is 443 g/mol. The molecule has 0 atom stereocenters. The number of ether oxygens (including phenoxy) is 2. The number of aromatic nitrogens is 4. The number of rotatable bonds is 7. The molecular formula is C21H22F3N5O4. The molecule has 0 aromatic carbocycles. The van der Waals surface area contributed by atoms with Gasteiger partial charge in [-0.2, -0.15) is 23.3 Å². The predicted molar refractivity (Wildman–Crippen MR) is 112 cm³/mol. The summed E-state index contributed by atoms with van der Waals surface area (Å²) in [5.74, 6) is 0.153. The van der Waals surface area contributed by atoms with Crippen LogP contribution in [0.3, 0.4) is 0 Å². The summed E-state index contributed by atoms with van der Waals surface area (Å²) in [6, 6.07) is 3.41. The van der Waals surface area contributed by atoms with Crippen LogP contribution in [0.5, 0.6) is 11.6 Å². The van der Waals surface area contributed by atoms with Crippen LogP contribution < -0.4 is 14.5 Å². The first kappa shape index (κ1) is 24.0. The Morgan fingerprint density at radius 2 is 1.85 bits per heavy atom. The number of hydrogen-bond donors (Lipinski definition) is 0. The molecule has 176 valence electrons. The minimum Gasteiger partial charge on any atom is -0.491 e. The van der Waals surface area contributed by atoms with Gasteiger partial charge in [-0.05, 0) is 31.5 Å². The summed E-state index contributed by atoms with van der Waals surface area (Å²) in [5, 5.41) is 4.52. The van der Waals surface area contributed by atoms with Gasteiger partial charge in [0.05, 0.1) is 50.7 Å². The number of nitrogens with zero attached hydrogens (tertiary/aromatic N) is 5. The number of amides is 1. The molecule has 3 heterocycles. The lowest BCUT2D eigenvalue weighted by Crippen LogP contribution is -2.31. The second kappa shape index (κ2) is 9.45. The average Bonchev–Trinajstić information content (AvgIpc) is 3.19. The Kier molecular flexibility index (Phi) is 6.86. The molecule has 0 aliphatic heterocycles. The van der Waals surface area contributed by atoms with E-state index in [1.54, 1.807) is 32.2 Å². The van der Waals surface area contributed by atoms with E-state index in [0.29, 0.717) is 38.8 Å². The summed E-state index contributed by atoms with van der Waals surface area (Å²) in [6.07, 6.45) is -0.677. The van der Waals surface area contributed by atoms with Gasteiger partial charge >= 0.3 is 6.18 Å². The molecule has 0 saturated carbocycles. The molecule has 0 unspecified atom stereocenters. The summed E-state index contributed by atoms with van der Waals surface area (Å²) in [6.45, 7) is 2.09. The first-order chi connectivity index (χ1) is 15.6. The van der Waals surface area contributed by atoms with Gasteiger partial charge in [-0.25, -0.2) is 4.98 Å². The third kappa shape index (κ3) is 5.22. The fourth-order valence-electron chi connectivity index (χ4n) is 3.31. The van der Waals surface area contributed by atoms with Gasteiger partial charge in [0.25, 0.3) is 11.8 Å². The molecule has 9 nitrogen and oxygen atoms in total. The summed E-state index contributed by atoms with van der Waals surface area (Å²) in [7, 11) is 4.21. The summed E-state index contributed by atoms with van der Waals surface area (Å²) >= 11 is 0. The Morgan fingerprint density at radius 1 is 1.12 bits per heavy atom. The van der Waals surface area contributed by atoms with Crippen LogP contribution in [0.2, 0.25) is 0 Å². The van der Waals surface area contributed by atoms with Gasteiger partial charge < -0.3 is 9.47 Å². The number of anilines is 1. The Bertz CT molecular complexity index is 1140. The second-order valence-electron chi connectivity index (χ2n) is 7.01. The maximum Gasteiger partial charge on any atom is 0.408 e. The van der Waals surface area contributed by atoms with E-state index in [4.69, 9.17) is 14.3 Å². The molecule has 3 aromatic heterocycles.